The molecule has 12 nitrogen and oxygen atoms in total. The van der Waals surface area contributed by atoms with Crippen molar-refractivity contribution in [3.05, 3.63) is 48.6 Å². The number of hydrogen-bond acceptors (Lipinski definition) is 11. The number of ether oxygens (including phenoxy) is 5. The van der Waals surface area contributed by atoms with E-state index >= 15 is 0 Å². The van der Waals surface area contributed by atoms with Crippen LogP contribution in [0.15, 0.2) is 48.6 Å². The fraction of sp³-hybridized carbons (Fsp3) is 0.815. The van der Waals surface area contributed by atoms with Gasteiger partial charge in [-0.25, -0.2) is 4.79 Å². The van der Waals surface area contributed by atoms with Gasteiger partial charge >= 0.3 is 23.9 Å². The first-order chi connectivity index (χ1) is 37.6. The number of hydrogen-bond donors (Lipinski definition) is 3. The standard InChI is InChI=1S/C65H114O12/c1-4-7-10-13-16-19-22-24-26-28-29-31-32-34-37-39-42-45-48-51-57(66)73-54-56(75-58(67)52-49-46-43-40-36-21-18-15-12-9-6-3)55-74-65-63(61(70)60(69)62(77-65)64(71)72)76-59(68)53-50-47-44-41-38-35-33-30-27-25-23-20-17-14-11-8-5-2/h8,11,17,20,25,27,33,35,56,60-63,65,69-70H,4-7,9-10,12-16,18-19,21-24,26,28-32,34,36-55H2,1-3H3,(H,71,72)/b11-8-,20-17-,27-25-,35-33-. The van der Waals surface area contributed by atoms with Gasteiger partial charge < -0.3 is 39.0 Å². The third kappa shape index (κ3) is 43.2. The summed E-state index contributed by atoms with van der Waals surface area (Å²) in [4.78, 5) is 51.2. The normalized spacial score (nSPS) is 18.3. The monoisotopic (exact) mass is 1090 g/mol. The van der Waals surface area contributed by atoms with E-state index in [2.05, 4.69) is 69.4 Å². The highest BCUT2D eigenvalue weighted by Crippen LogP contribution is 2.27. The van der Waals surface area contributed by atoms with Gasteiger partial charge in [0.15, 0.2) is 24.6 Å². The quantitative estimate of drug-likeness (QED) is 0.0228. The molecule has 0 spiro atoms. The summed E-state index contributed by atoms with van der Waals surface area (Å²) in [5.74, 6) is -3.12. The Morgan fingerprint density at radius 1 is 0.442 bits per heavy atom. The number of carboxylic acids is 1. The first-order valence-corrected chi connectivity index (χ1v) is 31.6. The molecule has 1 aliphatic heterocycles. The summed E-state index contributed by atoms with van der Waals surface area (Å²) in [5, 5.41) is 31.5. The van der Waals surface area contributed by atoms with Crippen molar-refractivity contribution in [2.75, 3.05) is 13.2 Å². The van der Waals surface area contributed by atoms with Crippen molar-refractivity contribution in [3.8, 4) is 0 Å². The zero-order valence-electron chi connectivity index (χ0n) is 49.2. The van der Waals surface area contributed by atoms with E-state index in [0.717, 1.165) is 89.9 Å². The van der Waals surface area contributed by atoms with Crippen LogP contribution < -0.4 is 0 Å². The minimum Gasteiger partial charge on any atom is -0.479 e. The molecule has 0 aliphatic carbocycles. The molecule has 1 rings (SSSR count). The van der Waals surface area contributed by atoms with Gasteiger partial charge in [0.25, 0.3) is 0 Å². The fourth-order valence-corrected chi connectivity index (χ4v) is 9.60. The number of aliphatic hydroxyl groups excluding tert-OH is 2. The molecule has 1 aliphatic rings. The molecule has 6 unspecified atom stereocenters. The van der Waals surface area contributed by atoms with Gasteiger partial charge in [-0.15, -0.1) is 0 Å². The summed E-state index contributed by atoms with van der Waals surface area (Å²) < 4.78 is 28.5. The number of esters is 3. The Kier molecular flexibility index (Phi) is 49.7. The maximum absolute atomic E-state index is 13.1. The number of aliphatic hydroxyl groups is 2. The zero-order chi connectivity index (χ0) is 56.1. The van der Waals surface area contributed by atoms with Crippen LogP contribution in [0.25, 0.3) is 0 Å². The highest BCUT2D eigenvalue weighted by Gasteiger charge is 2.50. The van der Waals surface area contributed by atoms with Gasteiger partial charge in [-0.3, -0.25) is 14.4 Å². The second-order valence-corrected chi connectivity index (χ2v) is 21.7. The molecule has 446 valence electrons. The Labute approximate surface area is 469 Å². The summed E-state index contributed by atoms with van der Waals surface area (Å²) in [5.41, 5.74) is 0. The average molecular weight is 1090 g/mol. The summed E-state index contributed by atoms with van der Waals surface area (Å²) in [6.45, 7) is 5.90. The first-order valence-electron chi connectivity index (χ1n) is 31.6. The van der Waals surface area contributed by atoms with Crippen LogP contribution in [-0.2, 0) is 42.9 Å². The molecule has 6 atom stereocenters. The molecule has 1 fully saturated rings. The second kappa shape index (κ2) is 53.3. The molecule has 12 heteroatoms. The van der Waals surface area contributed by atoms with Crippen LogP contribution in [0.3, 0.4) is 0 Å². The van der Waals surface area contributed by atoms with Crippen LogP contribution in [0.4, 0.5) is 0 Å². The Bertz CT molecular complexity index is 1520. The van der Waals surface area contributed by atoms with Gasteiger partial charge in [0.05, 0.1) is 6.61 Å². The number of carbonyl (C=O) groups is 4. The summed E-state index contributed by atoms with van der Waals surface area (Å²) in [6.07, 6.45) is 52.2. The molecule has 0 saturated carbocycles. The lowest BCUT2D eigenvalue weighted by Crippen LogP contribution is -2.61. The first kappa shape index (κ1) is 71.7. The van der Waals surface area contributed by atoms with Gasteiger partial charge in [0.2, 0.25) is 0 Å². The third-order valence-electron chi connectivity index (χ3n) is 14.4. The van der Waals surface area contributed by atoms with E-state index in [0.29, 0.717) is 19.3 Å². The largest absolute Gasteiger partial charge is 0.479 e. The van der Waals surface area contributed by atoms with Gasteiger partial charge in [-0.2, -0.15) is 0 Å². The Morgan fingerprint density at radius 3 is 1.25 bits per heavy atom. The van der Waals surface area contributed by atoms with Crippen molar-refractivity contribution in [1.29, 1.82) is 0 Å². The molecule has 3 N–H and O–H groups in total. The molecule has 1 heterocycles. The number of aliphatic carboxylic acids is 1. The molecule has 77 heavy (non-hydrogen) atoms. The number of carboxylic acid groups (broad SMARTS) is 1. The van der Waals surface area contributed by atoms with E-state index in [1.54, 1.807) is 0 Å². The predicted molar refractivity (Wildman–Crippen MR) is 312 cm³/mol. The van der Waals surface area contributed by atoms with Crippen LogP contribution >= 0.6 is 0 Å². The Morgan fingerprint density at radius 2 is 0.818 bits per heavy atom. The molecule has 0 bridgehead atoms. The molecule has 0 radical (unpaired) electrons. The smallest absolute Gasteiger partial charge is 0.335 e. The molecule has 0 aromatic heterocycles. The molecule has 0 amide bonds. The number of unbranched alkanes of at least 4 members (excludes halogenated alkanes) is 32. The lowest BCUT2D eigenvalue weighted by atomic mass is 9.98. The summed E-state index contributed by atoms with van der Waals surface area (Å²) in [6, 6.07) is 0. The van der Waals surface area contributed by atoms with Crippen molar-refractivity contribution in [2.24, 2.45) is 0 Å². The van der Waals surface area contributed by atoms with Crippen molar-refractivity contribution in [2.45, 2.75) is 327 Å². The van der Waals surface area contributed by atoms with Crippen molar-refractivity contribution < 1.29 is 58.2 Å². The molecular weight excluding hydrogens is 973 g/mol. The SMILES string of the molecule is CC/C=C\C/C=C\C/C=C\C/C=C\CCCCCCC(=O)OC1C(OCC(COC(=O)CCCCCCCCCCCCCCCCCCCCC)OC(=O)CCCCCCCCCCCCC)OC(C(=O)O)C(O)C1O. The van der Waals surface area contributed by atoms with Gasteiger partial charge in [-0.1, -0.05) is 262 Å². The van der Waals surface area contributed by atoms with E-state index in [-0.39, 0.29) is 25.9 Å². The van der Waals surface area contributed by atoms with Crippen LogP contribution in [0.5, 0.6) is 0 Å². The van der Waals surface area contributed by atoms with Gasteiger partial charge in [-0.05, 0) is 57.8 Å². The minimum absolute atomic E-state index is 0.0348. The van der Waals surface area contributed by atoms with E-state index in [9.17, 15) is 34.5 Å². The fourth-order valence-electron chi connectivity index (χ4n) is 9.60. The average Bonchev–Trinajstić information content (AvgIpc) is 3.42. The molecular formula is C65H114O12. The van der Waals surface area contributed by atoms with Crippen LogP contribution in [0, 0.1) is 0 Å². The van der Waals surface area contributed by atoms with Crippen molar-refractivity contribution in [1.82, 2.24) is 0 Å². The third-order valence-corrected chi connectivity index (χ3v) is 14.4. The van der Waals surface area contributed by atoms with Crippen molar-refractivity contribution in [3.63, 3.8) is 0 Å². The number of carbonyl (C=O) groups excluding carboxylic acids is 3. The van der Waals surface area contributed by atoms with Crippen LogP contribution in [0.2, 0.25) is 0 Å². The van der Waals surface area contributed by atoms with E-state index in [1.165, 1.54) is 141 Å². The van der Waals surface area contributed by atoms with E-state index < -0.39 is 67.3 Å². The molecule has 0 aromatic rings. The highest BCUT2D eigenvalue weighted by molar-refractivity contribution is 5.74. The number of allylic oxidation sites excluding steroid dienone is 8. The van der Waals surface area contributed by atoms with Crippen molar-refractivity contribution >= 4 is 23.9 Å². The minimum atomic E-state index is -1.91. The summed E-state index contributed by atoms with van der Waals surface area (Å²) in [7, 11) is 0. The van der Waals surface area contributed by atoms with Crippen LogP contribution in [-0.4, -0.2) is 89.2 Å². The lowest BCUT2D eigenvalue weighted by molar-refractivity contribution is -0.301. The zero-order valence-corrected chi connectivity index (χ0v) is 49.2. The van der Waals surface area contributed by atoms with Crippen LogP contribution in [0.1, 0.15) is 290 Å². The lowest BCUT2D eigenvalue weighted by Gasteiger charge is -2.40. The summed E-state index contributed by atoms with van der Waals surface area (Å²) >= 11 is 0. The maximum Gasteiger partial charge on any atom is 0.335 e. The topological polar surface area (TPSA) is 175 Å². The Balaban J connectivity index is 2.63. The molecule has 1 saturated heterocycles. The van der Waals surface area contributed by atoms with E-state index in [1.807, 2.05) is 0 Å². The van der Waals surface area contributed by atoms with Gasteiger partial charge in [0.1, 0.15) is 18.8 Å². The predicted octanol–water partition coefficient (Wildman–Crippen LogP) is 16.6. The highest BCUT2D eigenvalue weighted by atomic mass is 16.7. The number of rotatable bonds is 54. The Hall–Kier alpha value is -3.32. The maximum atomic E-state index is 13.1. The van der Waals surface area contributed by atoms with E-state index in [4.69, 9.17) is 23.7 Å². The molecule has 0 aromatic carbocycles. The second-order valence-electron chi connectivity index (χ2n) is 21.7. The van der Waals surface area contributed by atoms with Gasteiger partial charge in [0, 0.05) is 19.3 Å².